The van der Waals surface area contributed by atoms with Crippen molar-refractivity contribution in [2.45, 2.75) is 0 Å². The third-order valence-electron chi connectivity index (χ3n) is 1.85. The highest BCUT2D eigenvalue weighted by atomic mass is 16.5. The molecule has 0 amide bonds. The number of carboxylic acids is 1. The van der Waals surface area contributed by atoms with Gasteiger partial charge in [-0.1, -0.05) is 12.2 Å². The summed E-state index contributed by atoms with van der Waals surface area (Å²) in [6.07, 6.45) is 7.96. The van der Waals surface area contributed by atoms with Crippen molar-refractivity contribution < 1.29 is 14.6 Å². The Bertz CT molecular complexity index is 259. The minimum atomic E-state index is -0.933. The topological polar surface area (TPSA) is 53.0 Å². The van der Waals surface area contributed by atoms with Gasteiger partial charge in [0.25, 0.3) is 0 Å². The molecule has 0 radical (unpaired) electrons. The predicted molar refractivity (Wildman–Crippen MR) is 67.3 cm³/mol. The van der Waals surface area contributed by atoms with Gasteiger partial charge in [-0.2, -0.15) is 0 Å². The number of aliphatic carboxylic acids is 1. The average Bonchev–Trinajstić information content (AvgIpc) is 2.67. The number of carboxylic acid groups (broad SMARTS) is 1. The van der Waals surface area contributed by atoms with Crippen molar-refractivity contribution in [3.63, 3.8) is 0 Å². The Morgan fingerprint density at radius 3 is 2.06 bits per heavy atom. The Hall–Kier alpha value is -1.75. The van der Waals surface area contributed by atoms with E-state index >= 15 is 0 Å². The Balaban J connectivity index is 0.000000366. The van der Waals surface area contributed by atoms with Crippen molar-refractivity contribution in [3.05, 3.63) is 37.7 Å². The first-order chi connectivity index (χ1) is 8.13. The van der Waals surface area contributed by atoms with Gasteiger partial charge in [-0.25, -0.2) is 4.79 Å². The van der Waals surface area contributed by atoms with Crippen LogP contribution in [0.1, 0.15) is 0 Å². The molecule has 0 saturated heterocycles. The second kappa shape index (κ2) is 9.47. The van der Waals surface area contributed by atoms with Crippen LogP contribution < -0.4 is 0 Å². The fourth-order valence-corrected chi connectivity index (χ4v) is 1.21. The summed E-state index contributed by atoms with van der Waals surface area (Å²) in [4.78, 5) is 13.9. The normalized spacial score (nSPS) is 13.0. The summed E-state index contributed by atoms with van der Waals surface area (Å²) in [5, 5.41) is 7.79. The van der Waals surface area contributed by atoms with E-state index in [1.807, 2.05) is 12.2 Å². The van der Waals surface area contributed by atoms with E-state index in [0.29, 0.717) is 0 Å². The van der Waals surface area contributed by atoms with Crippen LogP contribution in [0.2, 0.25) is 0 Å². The SMILES string of the molecule is C=CCN1C=CN(CC=C)C1.COCC(=O)O. The zero-order valence-electron chi connectivity index (χ0n) is 10.2. The summed E-state index contributed by atoms with van der Waals surface area (Å²) >= 11 is 0. The van der Waals surface area contributed by atoms with Gasteiger partial charge in [0.2, 0.25) is 0 Å². The van der Waals surface area contributed by atoms with E-state index in [1.54, 1.807) is 0 Å². The molecule has 0 spiro atoms. The van der Waals surface area contributed by atoms with Crippen molar-refractivity contribution in [3.8, 4) is 0 Å². The Morgan fingerprint density at radius 1 is 1.35 bits per heavy atom. The van der Waals surface area contributed by atoms with Gasteiger partial charge in [-0.3, -0.25) is 0 Å². The van der Waals surface area contributed by atoms with Gasteiger partial charge in [-0.15, -0.1) is 13.2 Å². The Morgan fingerprint density at radius 2 is 1.82 bits per heavy atom. The molecule has 1 N–H and O–H groups in total. The van der Waals surface area contributed by atoms with E-state index < -0.39 is 5.97 Å². The quantitative estimate of drug-likeness (QED) is 0.705. The zero-order valence-corrected chi connectivity index (χ0v) is 10.2. The largest absolute Gasteiger partial charge is 0.480 e. The molecule has 1 heterocycles. The highest BCUT2D eigenvalue weighted by Crippen LogP contribution is 2.04. The van der Waals surface area contributed by atoms with E-state index in [9.17, 15) is 4.79 Å². The molecule has 0 fully saturated rings. The number of carbonyl (C=O) groups is 1. The van der Waals surface area contributed by atoms with Crippen LogP contribution in [0.25, 0.3) is 0 Å². The molecule has 1 aliphatic rings. The van der Waals surface area contributed by atoms with E-state index in [2.05, 4.69) is 40.1 Å². The van der Waals surface area contributed by atoms with Gasteiger partial charge < -0.3 is 19.6 Å². The maximum absolute atomic E-state index is 9.47. The second-order valence-electron chi connectivity index (χ2n) is 3.39. The minimum absolute atomic E-state index is 0.208. The van der Waals surface area contributed by atoms with E-state index in [0.717, 1.165) is 19.8 Å². The average molecular weight is 240 g/mol. The molecule has 1 rings (SSSR count). The van der Waals surface area contributed by atoms with Crippen molar-refractivity contribution in [1.29, 1.82) is 0 Å². The lowest BCUT2D eigenvalue weighted by molar-refractivity contribution is -0.141. The van der Waals surface area contributed by atoms with Crippen molar-refractivity contribution in [1.82, 2.24) is 9.80 Å². The summed E-state index contributed by atoms with van der Waals surface area (Å²) in [7, 11) is 1.34. The molecule has 5 heteroatoms. The zero-order chi connectivity index (χ0) is 13.1. The fourth-order valence-electron chi connectivity index (χ4n) is 1.21. The standard InChI is InChI=1S/C9H14N2.C3H6O3/c1-3-5-10-7-8-11(9-10)6-4-2;1-6-2-3(4)5/h3-4,7-8H,1-2,5-6,9H2;2H2,1H3,(H,4,5). The highest BCUT2D eigenvalue weighted by molar-refractivity contribution is 5.67. The molecule has 0 aromatic carbocycles. The number of rotatable bonds is 6. The molecule has 17 heavy (non-hydrogen) atoms. The van der Waals surface area contributed by atoms with E-state index in [-0.39, 0.29) is 6.61 Å². The summed E-state index contributed by atoms with van der Waals surface area (Å²) in [6, 6.07) is 0. The number of hydrogen-bond acceptors (Lipinski definition) is 4. The predicted octanol–water partition coefficient (Wildman–Crippen LogP) is 1.12. The number of nitrogens with zero attached hydrogens (tertiary/aromatic N) is 2. The Labute approximate surface area is 102 Å². The van der Waals surface area contributed by atoms with Crippen LogP contribution in [0, 0.1) is 0 Å². The number of ether oxygens (including phenoxy) is 1. The first kappa shape index (κ1) is 15.2. The smallest absolute Gasteiger partial charge is 0.329 e. The van der Waals surface area contributed by atoms with Gasteiger partial charge in [-0.05, 0) is 0 Å². The lowest BCUT2D eigenvalue weighted by atomic mass is 10.5. The van der Waals surface area contributed by atoms with Gasteiger partial charge in [0, 0.05) is 32.6 Å². The monoisotopic (exact) mass is 240 g/mol. The van der Waals surface area contributed by atoms with Crippen molar-refractivity contribution >= 4 is 5.97 Å². The first-order valence-electron chi connectivity index (χ1n) is 5.23. The summed E-state index contributed by atoms with van der Waals surface area (Å²) in [5.74, 6) is -0.933. The van der Waals surface area contributed by atoms with Gasteiger partial charge in [0.05, 0.1) is 6.67 Å². The lowest BCUT2D eigenvalue weighted by Gasteiger charge is -2.18. The fraction of sp³-hybridized carbons (Fsp3) is 0.417. The molecule has 0 aromatic heterocycles. The van der Waals surface area contributed by atoms with Crippen LogP contribution in [0.3, 0.4) is 0 Å². The van der Waals surface area contributed by atoms with E-state index in [1.165, 1.54) is 7.11 Å². The van der Waals surface area contributed by atoms with Crippen LogP contribution in [0.15, 0.2) is 37.7 Å². The van der Waals surface area contributed by atoms with Crippen molar-refractivity contribution in [2.24, 2.45) is 0 Å². The summed E-state index contributed by atoms with van der Waals surface area (Å²) in [6.45, 7) is 9.95. The summed E-state index contributed by atoms with van der Waals surface area (Å²) < 4.78 is 4.20. The van der Waals surface area contributed by atoms with Crippen LogP contribution >= 0.6 is 0 Å². The molecular weight excluding hydrogens is 220 g/mol. The van der Waals surface area contributed by atoms with Crippen LogP contribution in [-0.4, -0.2) is 54.4 Å². The molecule has 96 valence electrons. The van der Waals surface area contributed by atoms with Crippen molar-refractivity contribution in [2.75, 3.05) is 33.5 Å². The third kappa shape index (κ3) is 8.10. The van der Waals surface area contributed by atoms with Crippen LogP contribution in [0.5, 0.6) is 0 Å². The van der Waals surface area contributed by atoms with Crippen LogP contribution in [-0.2, 0) is 9.53 Å². The molecular formula is C12H20N2O3. The highest BCUT2D eigenvalue weighted by Gasteiger charge is 2.07. The molecule has 0 aromatic rings. The molecule has 0 aliphatic carbocycles. The maximum atomic E-state index is 9.47. The molecule has 0 saturated carbocycles. The lowest BCUT2D eigenvalue weighted by Crippen LogP contribution is -2.25. The summed E-state index contributed by atoms with van der Waals surface area (Å²) in [5.41, 5.74) is 0. The number of methoxy groups -OCH3 is 1. The Kier molecular flexibility index (Phi) is 8.50. The molecule has 0 atom stereocenters. The number of hydrogen-bond donors (Lipinski definition) is 1. The second-order valence-corrected chi connectivity index (χ2v) is 3.39. The van der Waals surface area contributed by atoms with E-state index in [4.69, 9.17) is 5.11 Å². The molecule has 0 unspecified atom stereocenters. The first-order valence-corrected chi connectivity index (χ1v) is 5.23. The van der Waals surface area contributed by atoms with Gasteiger partial charge in [0.1, 0.15) is 6.61 Å². The van der Waals surface area contributed by atoms with Gasteiger partial charge in [0.15, 0.2) is 0 Å². The minimum Gasteiger partial charge on any atom is -0.480 e. The molecule has 1 aliphatic heterocycles. The van der Waals surface area contributed by atoms with Gasteiger partial charge >= 0.3 is 5.97 Å². The van der Waals surface area contributed by atoms with Crippen LogP contribution in [0.4, 0.5) is 0 Å². The third-order valence-corrected chi connectivity index (χ3v) is 1.85. The molecule has 0 bridgehead atoms. The molecule has 5 nitrogen and oxygen atoms in total. The maximum Gasteiger partial charge on any atom is 0.329 e.